The Hall–Kier alpha value is -0.230. The monoisotopic (exact) mass is 294 g/mol. The van der Waals surface area contributed by atoms with Crippen LogP contribution in [-0.2, 0) is 9.68 Å². The molecule has 0 unspecified atom stereocenters. The summed E-state index contributed by atoms with van der Waals surface area (Å²) in [5, 5.41) is 17.3. The van der Waals surface area contributed by atoms with Gasteiger partial charge in [0.1, 0.15) is 0 Å². The van der Waals surface area contributed by atoms with Crippen molar-refractivity contribution in [2.24, 2.45) is 0 Å². The normalized spacial score (nSPS) is 12.0. The van der Waals surface area contributed by atoms with Gasteiger partial charge in [-0.2, -0.15) is 0 Å². The molecule has 0 spiro atoms. The topological polar surface area (TPSA) is 58.9 Å². The van der Waals surface area contributed by atoms with E-state index in [1.807, 2.05) is 0 Å². The molecule has 5 heteroatoms. The van der Waals surface area contributed by atoms with Crippen molar-refractivity contribution in [3.8, 4) is 0 Å². The van der Waals surface area contributed by atoms with Crippen molar-refractivity contribution in [1.29, 1.82) is 0 Å². The summed E-state index contributed by atoms with van der Waals surface area (Å²) in [7, 11) is 0. The minimum atomic E-state index is -3.09. The number of halogens is 1. The fourth-order valence-corrected chi connectivity index (χ4v) is 2.17. The van der Waals surface area contributed by atoms with Gasteiger partial charge < -0.3 is 14.9 Å². The van der Waals surface area contributed by atoms with Gasteiger partial charge in [0, 0.05) is 0 Å². The van der Waals surface area contributed by atoms with Crippen molar-refractivity contribution < 1.29 is 24.4 Å². The summed E-state index contributed by atoms with van der Waals surface area (Å²) < 4.78 is 15.9. The third kappa shape index (κ3) is 14.2. The highest BCUT2D eigenvalue weighted by atomic mass is 19.3. The first kappa shape index (κ1) is 19.8. The number of hydrogen-bond acceptors (Lipinski definition) is 4. The number of aliphatic hydroxyl groups is 2. The fourth-order valence-electron chi connectivity index (χ4n) is 2.17. The summed E-state index contributed by atoms with van der Waals surface area (Å²) >= 11 is 0. The molecule has 0 aliphatic carbocycles. The van der Waals surface area contributed by atoms with Gasteiger partial charge in [-0.15, -0.1) is 4.94 Å². The molecule has 0 bridgehead atoms. The zero-order valence-corrected chi connectivity index (χ0v) is 12.8. The minimum Gasteiger partial charge on any atom is -0.317 e. The molecule has 0 aromatic rings. The van der Waals surface area contributed by atoms with Crippen LogP contribution in [0.3, 0.4) is 0 Å². The molecule has 0 saturated carbocycles. The van der Waals surface area contributed by atoms with Gasteiger partial charge in [0.25, 0.3) is 0 Å². The first-order valence-electron chi connectivity index (χ1n) is 8.01. The number of unbranched alkanes of at least 4 members (excludes halogenated alkanes) is 11. The van der Waals surface area contributed by atoms with Crippen molar-refractivity contribution in [1.82, 2.24) is 0 Å². The summed E-state index contributed by atoms with van der Waals surface area (Å²) in [4.78, 5) is 2.83. The van der Waals surface area contributed by atoms with Crippen LogP contribution >= 0.6 is 0 Å². The van der Waals surface area contributed by atoms with E-state index in [-0.39, 0.29) is 6.61 Å². The summed E-state index contributed by atoms with van der Waals surface area (Å²) in [5.41, 5.74) is 0. The van der Waals surface area contributed by atoms with Crippen LogP contribution in [0, 0.1) is 0 Å². The van der Waals surface area contributed by atoms with Crippen LogP contribution in [0.25, 0.3) is 0 Å². The van der Waals surface area contributed by atoms with Crippen molar-refractivity contribution in [2.45, 2.75) is 90.1 Å². The second-order valence-corrected chi connectivity index (χ2v) is 5.36. The first-order chi connectivity index (χ1) is 9.62. The Kier molecular flexibility index (Phi) is 13.6. The Balaban J connectivity index is 3.06. The standard InChI is InChI=1S/C15H31FO4/c1-2-3-4-5-6-7-8-9-10-11-12-13-14-19-15(17,18)20-16/h17-18H,2-14H2,1H3. The number of ether oxygens (including phenoxy) is 1. The zero-order valence-electron chi connectivity index (χ0n) is 12.8. The van der Waals surface area contributed by atoms with E-state index in [9.17, 15) is 4.53 Å². The van der Waals surface area contributed by atoms with Gasteiger partial charge >= 0.3 is 6.16 Å². The van der Waals surface area contributed by atoms with E-state index in [1.165, 1.54) is 57.8 Å². The van der Waals surface area contributed by atoms with E-state index < -0.39 is 6.16 Å². The molecule has 0 fully saturated rings. The Morgan fingerprint density at radius 3 is 1.55 bits per heavy atom. The highest BCUT2D eigenvalue weighted by Crippen LogP contribution is 2.12. The molecule has 0 atom stereocenters. The molecule has 0 aromatic heterocycles. The lowest BCUT2D eigenvalue weighted by Gasteiger charge is -2.15. The van der Waals surface area contributed by atoms with E-state index >= 15 is 0 Å². The maximum absolute atomic E-state index is 11.5. The summed E-state index contributed by atoms with van der Waals surface area (Å²) in [6.45, 7) is 2.31. The van der Waals surface area contributed by atoms with E-state index in [1.54, 1.807) is 0 Å². The van der Waals surface area contributed by atoms with Gasteiger partial charge in [-0.1, -0.05) is 77.6 Å². The van der Waals surface area contributed by atoms with Crippen LogP contribution < -0.4 is 0 Å². The highest BCUT2D eigenvalue weighted by molar-refractivity contribution is 4.48. The first-order valence-corrected chi connectivity index (χ1v) is 8.01. The molecule has 0 aliphatic heterocycles. The van der Waals surface area contributed by atoms with Crippen LogP contribution in [0.2, 0.25) is 0 Å². The molecular formula is C15H31FO4. The lowest BCUT2D eigenvalue weighted by atomic mass is 10.1. The van der Waals surface area contributed by atoms with Crippen molar-refractivity contribution in [3.05, 3.63) is 0 Å². The predicted octanol–water partition coefficient (Wildman–Crippen LogP) is 4.20. The summed E-state index contributed by atoms with van der Waals surface area (Å²) in [6, 6.07) is 0. The lowest BCUT2D eigenvalue weighted by Crippen LogP contribution is -2.32. The largest absolute Gasteiger partial charge is 0.438 e. The van der Waals surface area contributed by atoms with E-state index in [2.05, 4.69) is 16.6 Å². The SMILES string of the molecule is CCCCCCCCCCCCCCOC(O)(O)OF. The number of hydrogen-bond donors (Lipinski definition) is 2. The molecular weight excluding hydrogens is 263 g/mol. The van der Waals surface area contributed by atoms with Gasteiger partial charge in [0.15, 0.2) is 0 Å². The molecule has 0 radical (unpaired) electrons. The molecule has 0 heterocycles. The Morgan fingerprint density at radius 1 is 0.750 bits per heavy atom. The van der Waals surface area contributed by atoms with Crippen LogP contribution in [0.15, 0.2) is 0 Å². The zero-order chi connectivity index (χ0) is 15.1. The summed E-state index contributed by atoms with van der Waals surface area (Å²) in [6.07, 6.45) is 11.5. The van der Waals surface area contributed by atoms with Crippen molar-refractivity contribution in [3.63, 3.8) is 0 Å². The van der Waals surface area contributed by atoms with Crippen LogP contribution in [0.1, 0.15) is 84.0 Å². The molecule has 0 aromatic carbocycles. The Labute approximate surface area is 122 Å². The Morgan fingerprint density at radius 2 is 1.15 bits per heavy atom. The molecule has 122 valence electrons. The molecule has 0 saturated heterocycles. The van der Waals surface area contributed by atoms with Gasteiger partial charge in [0.2, 0.25) is 0 Å². The van der Waals surface area contributed by atoms with Gasteiger partial charge in [-0.05, 0) is 10.9 Å². The molecule has 4 nitrogen and oxygen atoms in total. The fraction of sp³-hybridized carbons (Fsp3) is 1.00. The van der Waals surface area contributed by atoms with Gasteiger partial charge in [0.05, 0.1) is 6.61 Å². The molecule has 20 heavy (non-hydrogen) atoms. The van der Waals surface area contributed by atoms with Crippen molar-refractivity contribution in [2.75, 3.05) is 6.61 Å². The van der Waals surface area contributed by atoms with Crippen LogP contribution in [0.4, 0.5) is 4.53 Å². The van der Waals surface area contributed by atoms with Gasteiger partial charge in [-0.3, -0.25) is 0 Å². The number of rotatable bonds is 15. The third-order valence-electron chi connectivity index (χ3n) is 3.39. The van der Waals surface area contributed by atoms with E-state index in [0.717, 1.165) is 12.8 Å². The average Bonchev–Trinajstić information content (AvgIpc) is 2.44. The summed E-state index contributed by atoms with van der Waals surface area (Å²) in [5.74, 6) is 0. The molecule has 0 rings (SSSR count). The second kappa shape index (κ2) is 13.7. The molecule has 2 N–H and O–H groups in total. The van der Waals surface area contributed by atoms with Crippen molar-refractivity contribution >= 4 is 0 Å². The Bertz CT molecular complexity index is 200. The van der Waals surface area contributed by atoms with E-state index in [4.69, 9.17) is 10.2 Å². The average molecular weight is 294 g/mol. The predicted molar refractivity (Wildman–Crippen MR) is 76.4 cm³/mol. The highest BCUT2D eigenvalue weighted by Gasteiger charge is 2.26. The van der Waals surface area contributed by atoms with Crippen LogP contribution in [0.5, 0.6) is 0 Å². The molecule has 0 aliphatic rings. The smallest absolute Gasteiger partial charge is 0.317 e. The van der Waals surface area contributed by atoms with E-state index in [0.29, 0.717) is 6.42 Å². The van der Waals surface area contributed by atoms with Crippen LogP contribution in [-0.4, -0.2) is 23.0 Å². The maximum atomic E-state index is 11.5. The maximum Gasteiger partial charge on any atom is 0.438 e. The second-order valence-electron chi connectivity index (χ2n) is 5.36. The minimum absolute atomic E-state index is 0.0777. The quantitative estimate of drug-likeness (QED) is 0.351. The molecule has 0 amide bonds. The van der Waals surface area contributed by atoms with Gasteiger partial charge in [-0.25, -0.2) is 0 Å². The lowest BCUT2D eigenvalue weighted by molar-refractivity contribution is -0.528. The third-order valence-corrected chi connectivity index (χ3v) is 3.39.